The molecule has 2 aliphatic rings. The SMILES string of the molecule is CN1C[C@H](C(=O)NCc2ccc(CN3CCCC3)cc2)CC[C@H](N(C)C)C1. The Labute approximate surface area is 164 Å². The highest BCUT2D eigenvalue weighted by molar-refractivity contribution is 5.78. The van der Waals surface area contributed by atoms with Crippen LogP contribution in [0.25, 0.3) is 0 Å². The number of likely N-dealkylation sites (N-methyl/N-ethyl adjacent to an activating group) is 2. The fourth-order valence-electron chi connectivity index (χ4n) is 4.32. The number of likely N-dealkylation sites (tertiary alicyclic amines) is 2. The van der Waals surface area contributed by atoms with E-state index < -0.39 is 0 Å². The molecule has 2 fully saturated rings. The summed E-state index contributed by atoms with van der Waals surface area (Å²) < 4.78 is 0. The van der Waals surface area contributed by atoms with Crippen LogP contribution in [0.5, 0.6) is 0 Å². The minimum Gasteiger partial charge on any atom is -0.352 e. The van der Waals surface area contributed by atoms with Gasteiger partial charge in [0.2, 0.25) is 5.91 Å². The van der Waals surface area contributed by atoms with Gasteiger partial charge in [-0.2, -0.15) is 0 Å². The number of nitrogens with zero attached hydrogens (tertiary/aromatic N) is 3. The Balaban J connectivity index is 1.46. The van der Waals surface area contributed by atoms with Crippen LogP contribution in [0.1, 0.15) is 36.8 Å². The van der Waals surface area contributed by atoms with Crippen molar-refractivity contribution >= 4 is 5.91 Å². The van der Waals surface area contributed by atoms with Gasteiger partial charge in [-0.15, -0.1) is 0 Å². The third-order valence-electron chi connectivity index (χ3n) is 6.10. The van der Waals surface area contributed by atoms with Crippen molar-refractivity contribution in [2.45, 2.75) is 44.8 Å². The molecular weight excluding hydrogens is 336 g/mol. The molecule has 5 nitrogen and oxygen atoms in total. The monoisotopic (exact) mass is 372 g/mol. The molecule has 150 valence electrons. The Morgan fingerprint density at radius 2 is 1.74 bits per heavy atom. The second kappa shape index (κ2) is 9.67. The third-order valence-corrected chi connectivity index (χ3v) is 6.10. The van der Waals surface area contributed by atoms with Gasteiger partial charge in [-0.05, 0) is 71.0 Å². The minimum absolute atomic E-state index is 0.0920. The molecule has 27 heavy (non-hydrogen) atoms. The molecule has 0 radical (unpaired) electrons. The molecule has 2 heterocycles. The van der Waals surface area contributed by atoms with Crippen LogP contribution >= 0.6 is 0 Å². The molecule has 1 aromatic carbocycles. The van der Waals surface area contributed by atoms with Crippen molar-refractivity contribution in [2.75, 3.05) is 47.3 Å². The van der Waals surface area contributed by atoms with E-state index in [-0.39, 0.29) is 11.8 Å². The minimum atomic E-state index is 0.0920. The number of amides is 1. The number of rotatable bonds is 6. The maximum atomic E-state index is 12.7. The van der Waals surface area contributed by atoms with Gasteiger partial charge in [0.1, 0.15) is 0 Å². The molecule has 1 N–H and O–H groups in total. The molecule has 0 aliphatic carbocycles. The lowest BCUT2D eigenvalue weighted by Gasteiger charge is -2.25. The van der Waals surface area contributed by atoms with E-state index in [9.17, 15) is 4.79 Å². The van der Waals surface area contributed by atoms with Crippen LogP contribution in [0.2, 0.25) is 0 Å². The zero-order chi connectivity index (χ0) is 19.2. The Hall–Kier alpha value is -1.43. The van der Waals surface area contributed by atoms with Crippen molar-refractivity contribution in [3.63, 3.8) is 0 Å². The van der Waals surface area contributed by atoms with E-state index in [2.05, 4.69) is 65.4 Å². The number of carbonyl (C=O) groups is 1. The van der Waals surface area contributed by atoms with Gasteiger partial charge in [-0.1, -0.05) is 24.3 Å². The number of hydrogen-bond acceptors (Lipinski definition) is 4. The lowest BCUT2D eigenvalue weighted by molar-refractivity contribution is -0.125. The fourth-order valence-corrected chi connectivity index (χ4v) is 4.32. The maximum absolute atomic E-state index is 12.7. The lowest BCUT2D eigenvalue weighted by Crippen LogP contribution is -2.39. The molecule has 1 aromatic rings. The summed E-state index contributed by atoms with van der Waals surface area (Å²) in [4.78, 5) is 19.8. The first-order chi connectivity index (χ1) is 13.0. The number of carbonyl (C=O) groups excluding carboxylic acids is 1. The number of hydrogen-bond donors (Lipinski definition) is 1. The molecule has 5 heteroatoms. The second-order valence-electron chi connectivity index (χ2n) is 8.63. The molecule has 0 unspecified atom stereocenters. The van der Waals surface area contributed by atoms with Gasteiger partial charge in [-0.3, -0.25) is 9.69 Å². The summed E-state index contributed by atoms with van der Waals surface area (Å²) >= 11 is 0. The van der Waals surface area contributed by atoms with Crippen molar-refractivity contribution in [2.24, 2.45) is 5.92 Å². The van der Waals surface area contributed by atoms with Gasteiger partial charge in [0, 0.05) is 32.2 Å². The van der Waals surface area contributed by atoms with E-state index in [1.54, 1.807) is 0 Å². The summed E-state index contributed by atoms with van der Waals surface area (Å²) in [7, 11) is 6.39. The average Bonchev–Trinajstić information content (AvgIpc) is 3.07. The van der Waals surface area contributed by atoms with Gasteiger partial charge in [0.15, 0.2) is 0 Å². The van der Waals surface area contributed by atoms with Gasteiger partial charge in [-0.25, -0.2) is 0 Å². The number of benzene rings is 1. The smallest absolute Gasteiger partial charge is 0.224 e. The van der Waals surface area contributed by atoms with Gasteiger partial charge >= 0.3 is 0 Å². The molecule has 0 bridgehead atoms. The second-order valence-corrected chi connectivity index (χ2v) is 8.63. The van der Waals surface area contributed by atoms with Crippen molar-refractivity contribution in [1.29, 1.82) is 0 Å². The molecule has 0 spiro atoms. The van der Waals surface area contributed by atoms with Crippen LogP contribution in [-0.2, 0) is 17.9 Å². The van der Waals surface area contributed by atoms with E-state index in [0.717, 1.165) is 32.5 Å². The average molecular weight is 373 g/mol. The van der Waals surface area contributed by atoms with Crippen LogP contribution in [0.15, 0.2) is 24.3 Å². The Kier molecular flexibility index (Phi) is 7.27. The third kappa shape index (κ3) is 6.03. The largest absolute Gasteiger partial charge is 0.352 e. The summed E-state index contributed by atoms with van der Waals surface area (Å²) in [6.45, 7) is 6.01. The summed E-state index contributed by atoms with van der Waals surface area (Å²) in [5.41, 5.74) is 2.55. The standard InChI is InChI=1S/C22H36N4O/c1-24(2)21-11-10-20(16-25(3)17-21)22(27)23-14-18-6-8-19(9-7-18)15-26-12-4-5-13-26/h6-9,20-21H,4-5,10-17H2,1-3H3,(H,23,27)/t20-,21+/m1/s1. The predicted molar refractivity (Wildman–Crippen MR) is 110 cm³/mol. The quantitative estimate of drug-likeness (QED) is 0.831. The van der Waals surface area contributed by atoms with Crippen LogP contribution in [0, 0.1) is 5.92 Å². The highest BCUT2D eigenvalue weighted by Crippen LogP contribution is 2.19. The summed E-state index contributed by atoms with van der Waals surface area (Å²) in [5, 5.41) is 3.16. The molecule has 2 saturated heterocycles. The maximum Gasteiger partial charge on any atom is 0.224 e. The fraction of sp³-hybridized carbons (Fsp3) is 0.682. The Morgan fingerprint density at radius 1 is 1.07 bits per heavy atom. The highest BCUT2D eigenvalue weighted by atomic mass is 16.1. The first kappa shape index (κ1) is 20.3. The topological polar surface area (TPSA) is 38.8 Å². The van der Waals surface area contributed by atoms with Gasteiger partial charge in [0.25, 0.3) is 0 Å². The molecule has 2 aliphatic heterocycles. The lowest BCUT2D eigenvalue weighted by atomic mass is 10.0. The molecule has 1 amide bonds. The molecule has 0 saturated carbocycles. The van der Waals surface area contributed by atoms with E-state index in [0.29, 0.717) is 12.6 Å². The molecule has 3 rings (SSSR count). The van der Waals surface area contributed by atoms with Crippen LogP contribution in [-0.4, -0.2) is 74.0 Å². The van der Waals surface area contributed by atoms with Crippen molar-refractivity contribution < 1.29 is 4.79 Å². The number of nitrogens with one attached hydrogen (secondary N) is 1. The molecule has 0 aromatic heterocycles. The first-order valence-electron chi connectivity index (χ1n) is 10.4. The highest BCUT2D eigenvalue weighted by Gasteiger charge is 2.27. The summed E-state index contributed by atoms with van der Waals surface area (Å²) in [6.07, 6.45) is 4.71. The molecular formula is C22H36N4O. The van der Waals surface area contributed by atoms with Crippen LogP contribution in [0.4, 0.5) is 0 Å². The van der Waals surface area contributed by atoms with E-state index >= 15 is 0 Å². The van der Waals surface area contributed by atoms with Crippen LogP contribution < -0.4 is 5.32 Å². The van der Waals surface area contributed by atoms with Crippen molar-refractivity contribution in [3.8, 4) is 0 Å². The zero-order valence-electron chi connectivity index (χ0n) is 17.3. The van der Waals surface area contributed by atoms with E-state index in [1.807, 2.05) is 0 Å². The Bertz CT molecular complexity index is 595. The Morgan fingerprint density at radius 3 is 2.41 bits per heavy atom. The normalized spacial score (nSPS) is 24.9. The van der Waals surface area contributed by atoms with Crippen molar-refractivity contribution in [3.05, 3.63) is 35.4 Å². The van der Waals surface area contributed by atoms with E-state index in [1.165, 1.54) is 37.1 Å². The van der Waals surface area contributed by atoms with Crippen molar-refractivity contribution in [1.82, 2.24) is 20.0 Å². The summed E-state index contributed by atoms with van der Waals surface area (Å²) in [5.74, 6) is 0.289. The zero-order valence-corrected chi connectivity index (χ0v) is 17.3. The molecule has 2 atom stereocenters. The first-order valence-corrected chi connectivity index (χ1v) is 10.4. The van der Waals surface area contributed by atoms with Crippen LogP contribution in [0.3, 0.4) is 0 Å². The van der Waals surface area contributed by atoms with Gasteiger partial charge in [0.05, 0.1) is 5.92 Å². The van der Waals surface area contributed by atoms with E-state index in [4.69, 9.17) is 0 Å². The summed E-state index contributed by atoms with van der Waals surface area (Å²) in [6, 6.07) is 9.28. The van der Waals surface area contributed by atoms with Gasteiger partial charge < -0.3 is 15.1 Å². The predicted octanol–water partition coefficient (Wildman–Crippen LogP) is 2.17.